The number of aryl methyl sites for hydroxylation is 1. The van der Waals surface area contributed by atoms with Crippen molar-refractivity contribution in [3.63, 3.8) is 0 Å². The first kappa shape index (κ1) is 21.4. The average Bonchev–Trinajstić information content (AvgIpc) is 3.45. The molecule has 5 heterocycles. The van der Waals surface area contributed by atoms with E-state index >= 15 is 0 Å². The summed E-state index contributed by atoms with van der Waals surface area (Å²) in [7, 11) is -2.36. The smallest absolute Gasteiger partial charge is 0.279 e. The second-order valence-electron chi connectivity index (χ2n) is 7.42. The number of halogens is 1. The average molecular weight is 476 g/mol. The summed E-state index contributed by atoms with van der Waals surface area (Å²) >= 11 is 0. The highest BCUT2D eigenvalue weighted by Crippen LogP contribution is 2.27. The predicted molar refractivity (Wildman–Crippen MR) is 124 cm³/mol. The molecule has 0 aliphatic carbocycles. The molecule has 0 radical (unpaired) electrons. The predicted octanol–water partition coefficient (Wildman–Crippen LogP) is 3.13. The molecule has 0 atom stereocenters. The topological polar surface area (TPSA) is 131 Å². The van der Waals surface area contributed by atoms with Crippen LogP contribution >= 0.6 is 0 Å². The third-order valence-electron chi connectivity index (χ3n) is 5.14. The summed E-state index contributed by atoms with van der Waals surface area (Å²) in [5, 5.41) is 11.6. The van der Waals surface area contributed by atoms with Crippen molar-refractivity contribution in [2.45, 2.75) is 5.03 Å². The molecule has 0 bridgehead atoms. The molecule has 170 valence electrons. The third kappa shape index (κ3) is 3.90. The molecular weight excluding hydrogens is 459 g/mol. The molecule has 2 N–H and O–H groups in total. The molecule has 0 amide bonds. The van der Waals surface area contributed by atoms with E-state index in [4.69, 9.17) is 5.41 Å². The molecular formula is C22H17FN8O2S. The maximum atomic E-state index is 13.6. The van der Waals surface area contributed by atoms with Crippen LogP contribution < -0.4 is 4.72 Å². The number of hydrogen-bond acceptors (Lipinski definition) is 7. The summed E-state index contributed by atoms with van der Waals surface area (Å²) in [5.74, 6) is -0.641. The quantitative estimate of drug-likeness (QED) is 0.286. The first-order valence-electron chi connectivity index (χ1n) is 9.95. The highest BCUT2D eigenvalue weighted by Gasteiger charge is 2.22. The summed E-state index contributed by atoms with van der Waals surface area (Å²) in [5.41, 5.74) is 3.19. The van der Waals surface area contributed by atoms with Gasteiger partial charge in [-0.05, 0) is 35.4 Å². The van der Waals surface area contributed by atoms with E-state index in [-0.39, 0.29) is 16.4 Å². The van der Waals surface area contributed by atoms with Gasteiger partial charge in [0.05, 0.1) is 18.1 Å². The minimum absolute atomic E-state index is 0.124. The van der Waals surface area contributed by atoms with E-state index in [2.05, 4.69) is 24.8 Å². The Morgan fingerprint density at radius 2 is 1.82 bits per heavy atom. The first-order valence-corrected chi connectivity index (χ1v) is 11.4. The van der Waals surface area contributed by atoms with Crippen LogP contribution in [0.1, 0.15) is 5.69 Å². The fourth-order valence-electron chi connectivity index (χ4n) is 3.51. The van der Waals surface area contributed by atoms with Crippen molar-refractivity contribution in [3.05, 3.63) is 79.2 Å². The number of hydrogen-bond donors (Lipinski definition) is 2. The SMILES string of the molecule is Cn1cc(-c2cnc(C=N)c(NS(=O)(=O)c3cnc4ccc(-c5ccnc(F)c5)cn34)c2)cn1. The van der Waals surface area contributed by atoms with Crippen molar-refractivity contribution in [1.82, 2.24) is 29.1 Å². The van der Waals surface area contributed by atoms with Crippen LogP contribution in [0.25, 0.3) is 27.9 Å². The second-order valence-corrected chi connectivity index (χ2v) is 9.05. The third-order valence-corrected chi connectivity index (χ3v) is 6.49. The maximum absolute atomic E-state index is 13.6. The fourth-order valence-corrected chi connectivity index (χ4v) is 4.66. The lowest BCUT2D eigenvalue weighted by Crippen LogP contribution is -2.16. The molecule has 5 rings (SSSR count). The van der Waals surface area contributed by atoms with Gasteiger partial charge in [0, 0.05) is 55.2 Å². The zero-order chi connectivity index (χ0) is 23.9. The zero-order valence-electron chi connectivity index (χ0n) is 17.7. The van der Waals surface area contributed by atoms with E-state index in [1.54, 1.807) is 60.8 Å². The molecule has 0 aliphatic heterocycles. The van der Waals surface area contributed by atoms with Crippen LogP contribution in [0.4, 0.5) is 10.1 Å². The van der Waals surface area contributed by atoms with Crippen molar-refractivity contribution >= 4 is 27.6 Å². The Kier molecular flexibility index (Phi) is 5.13. The molecule has 0 unspecified atom stereocenters. The van der Waals surface area contributed by atoms with Crippen molar-refractivity contribution < 1.29 is 12.8 Å². The molecule has 12 heteroatoms. The van der Waals surface area contributed by atoms with Crippen molar-refractivity contribution in [2.24, 2.45) is 7.05 Å². The van der Waals surface area contributed by atoms with Crippen LogP contribution in [0.5, 0.6) is 0 Å². The van der Waals surface area contributed by atoms with E-state index in [1.165, 1.54) is 22.9 Å². The van der Waals surface area contributed by atoms with E-state index in [0.29, 0.717) is 22.3 Å². The number of imidazole rings is 1. The lowest BCUT2D eigenvalue weighted by molar-refractivity contribution is 0.584. The highest BCUT2D eigenvalue weighted by atomic mass is 32.2. The molecule has 0 aromatic carbocycles. The zero-order valence-corrected chi connectivity index (χ0v) is 18.5. The van der Waals surface area contributed by atoms with Crippen LogP contribution in [0, 0.1) is 11.4 Å². The van der Waals surface area contributed by atoms with Gasteiger partial charge >= 0.3 is 0 Å². The molecule has 0 fully saturated rings. The monoisotopic (exact) mass is 476 g/mol. The summed E-state index contributed by atoms with van der Waals surface area (Å²) in [6, 6.07) is 7.84. The van der Waals surface area contributed by atoms with Gasteiger partial charge in [0.2, 0.25) is 5.95 Å². The Hall–Kier alpha value is -4.45. The molecule has 10 nitrogen and oxygen atoms in total. The standard InChI is InChI=1S/C22H17FN8O2S/c1-30-12-17(10-28-30)16-6-18(19(8-24)26-9-16)29-34(32,33)22-11-27-21-3-2-15(13-31(21)22)14-4-5-25-20(23)7-14/h2-13,24,29H,1H3. The van der Waals surface area contributed by atoms with Gasteiger partial charge in [0.15, 0.2) is 5.03 Å². The Balaban J connectivity index is 1.56. The minimum atomic E-state index is -4.13. The van der Waals surface area contributed by atoms with E-state index in [9.17, 15) is 12.8 Å². The number of nitrogens with one attached hydrogen (secondary N) is 2. The van der Waals surface area contributed by atoms with Gasteiger partial charge in [-0.3, -0.25) is 18.8 Å². The number of pyridine rings is 3. The molecule has 0 spiro atoms. The van der Waals surface area contributed by atoms with E-state index < -0.39 is 16.0 Å². The first-order chi connectivity index (χ1) is 16.3. The van der Waals surface area contributed by atoms with E-state index in [1.807, 2.05) is 0 Å². The molecule has 0 saturated carbocycles. The van der Waals surface area contributed by atoms with Gasteiger partial charge in [-0.15, -0.1) is 0 Å². The van der Waals surface area contributed by atoms with Crippen LogP contribution in [-0.4, -0.2) is 43.8 Å². The minimum Gasteiger partial charge on any atom is -0.306 e. The number of sulfonamides is 1. The summed E-state index contributed by atoms with van der Waals surface area (Å²) in [6.07, 6.45) is 10.0. The van der Waals surface area contributed by atoms with Gasteiger partial charge < -0.3 is 5.41 Å². The lowest BCUT2D eigenvalue weighted by atomic mass is 10.1. The van der Waals surface area contributed by atoms with Crippen molar-refractivity contribution in [1.29, 1.82) is 5.41 Å². The fraction of sp³-hybridized carbons (Fsp3) is 0.0455. The number of nitrogens with zero attached hydrogens (tertiary/aromatic N) is 6. The Morgan fingerprint density at radius 3 is 2.56 bits per heavy atom. The number of anilines is 1. The van der Waals surface area contributed by atoms with Crippen molar-refractivity contribution in [2.75, 3.05) is 4.72 Å². The Bertz CT molecular complexity index is 1660. The molecule has 34 heavy (non-hydrogen) atoms. The van der Waals surface area contributed by atoms with Gasteiger partial charge in [-0.2, -0.15) is 17.9 Å². The van der Waals surface area contributed by atoms with E-state index in [0.717, 1.165) is 11.8 Å². The maximum Gasteiger partial charge on any atom is 0.279 e. The van der Waals surface area contributed by atoms with Gasteiger partial charge in [0.1, 0.15) is 11.3 Å². The van der Waals surface area contributed by atoms with Crippen molar-refractivity contribution in [3.8, 4) is 22.3 Å². The summed E-state index contributed by atoms with van der Waals surface area (Å²) < 4.78 is 45.8. The highest BCUT2D eigenvalue weighted by molar-refractivity contribution is 7.92. The van der Waals surface area contributed by atoms with Crippen LogP contribution in [0.2, 0.25) is 0 Å². The van der Waals surface area contributed by atoms with Gasteiger partial charge in [0.25, 0.3) is 10.0 Å². The molecule has 0 aliphatic rings. The summed E-state index contributed by atoms with van der Waals surface area (Å²) in [6.45, 7) is 0. The Morgan fingerprint density at radius 1 is 0.971 bits per heavy atom. The lowest BCUT2D eigenvalue weighted by Gasteiger charge is -2.11. The molecule has 5 aromatic rings. The number of fused-ring (bicyclic) bond motifs is 1. The van der Waals surface area contributed by atoms with Gasteiger partial charge in [-0.1, -0.05) is 0 Å². The Labute approximate surface area is 193 Å². The molecule has 0 saturated heterocycles. The number of aromatic nitrogens is 6. The normalized spacial score (nSPS) is 11.6. The largest absolute Gasteiger partial charge is 0.306 e. The number of rotatable bonds is 6. The van der Waals surface area contributed by atoms with Crippen LogP contribution in [0.15, 0.2) is 72.5 Å². The second kappa shape index (κ2) is 8.15. The molecule has 5 aromatic heterocycles. The summed E-state index contributed by atoms with van der Waals surface area (Å²) in [4.78, 5) is 11.9. The van der Waals surface area contributed by atoms with Gasteiger partial charge in [-0.25, -0.2) is 9.97 Å². The van der Waals surface area contributed by atoms with Crippen LogP contribution in [0.3, 0.4) is 0 Å². The van der Waals surface area contributed by atoms with Crippen LogP contribution in [-0.2, 0) is 17.1 Å².